The summed E-state index contributed by atoms with van der Waals surface area (Å²) >= 11 is 0. The fraction of sp³-hybridized carbons (Fsp3) is 0.857. The molecule has 3 unspecified atom stereocenters. The Bertz CT molecular complexity index is 318. The predicted molar refractivity (Wildman–Crippen MR) is 75.6 cm³/mol. The molecule has 5 nitrogen and oxygen atoms in total. The van der Waals surface area contributed by atoms with Crippen LogP contribution in [0.1, 0.15) is 40.0 Å². The molecule has 0 aromatic carbocycles. The van der Waals surface area contributed by atoms with Crippen molar-refractivity contribution in [3.05, 3.63) is 0 Å². The Hall–Kier alpha value is -1.10. The normalized spacial score (nSPS) is 24.9. The average molecular weight is 269 g/mol. The van der Waals surface area contributed by atoms with E-state index in [1.165, 1.54) is 0 Å². The van der Waals surface area contributed by atoms with Crippen LogP contribution in [0.4, 0.5) is 0 Å². The van der Waals surface area contributed by atoms with E-state index in [1.807, 2.05) is 13.8 Å². The number of carbonyl (C=O) groups excluding carboxylic acids is 2. The lowest BCUT2D eigenvalue weighted by Crippen LogP contribution is -2.54. The highest BCUT2D eigenvalue weighted by Gasteiger charge is 2.28. The molecule has 1 heterocycles. The zero-order chi connectivity index (χ0) is 14.4. The first kappa shape index (κ1) is 16.0. The topological polar surface area (TPSA) is 70.2 Å². The Balaban J connectivity index is 2.57. The number of rotatable bonds is 5. The highest BCUT2D eigenvalue weighted by atomic mass is 16.2. The van der Waals surface area contributed by atoms with Gasteiger partial charge in [-0.2, -0.15) is 0 Å². The molecule has 0 aromatic heterocycles. The van der Waals surface area contributed by atoms with E-state index in [0.29, 0.717) is 18.3 Å². The highest BCUT2D eigenvalue weighted by molar-refractivity contribution is 5.89. The van der Waals surface area contributed by atoms with Gasteiger partial charge in [-0.1, -0.05) is 20.8 Å². The quantitative estimate of drug-likeness (QED) is 0.686. The number of amides is 2. The first-order valence-corrected chi connectivity index (χ1v) is 7.19. The Kier molecular flexibility index (Phi) is 6.28. The monoisotopic (exact) mass is 269 g/mol. The van der Waals surface area contributed by atoms with Crippen molar-refractivity contribution in [3.8, 4) is 0 Å². The Morgan fingerprint density at radius 1 is 1.37 bits per heavy atom. The smallest absolute Gasteiger partial charge is 0.242 e. The largest absolute Gasteiger partial charge is 0.357 e. The molecule has 2 amide bonds. The minimum Gasteiger partial charge on any atom is -0.357 e. The first-order valence-electron chi connectivity index (χ1n) is 7.19. The second-order valence-corrected chi connectivity index (χ2v) is 5.94. The average Bonchev–Trinajstić information content (AvgIpc) is 2.36. The lowest BCUT2D eigenvalue weighted by atomic mass is 9.93. The van der Waals surface area contributed by atoms with Crippen molar-refractivity contribution in [3.63, 3.8) is 0 Å². The van der Waals surface area contributed by atoms with Crippen LogP contribution in [-0.4, -0.2) is 37.5 Å². The summed E-state index contributed by atoms with van der Waals surface area (Å²) in [5, 5.41) is 8.71. The van der Waals surface area contributed by atoms with E-state index in [9.17, 15) is 9.59 Å². The maximum Gasteiger partial charge on any atom is 0.242 e. The summed E-state index contributed by atoms with van der Waals surface area (Å²) in [5.41, 5.74) is 0. The molecule has 1 fully saturated rings. The van der Waals surface area contributed by atoms with Crippen LogP contribution in [0.15, 0.2) is 0 Å². The second kappa shape index (κ2) is 7.48. The minimum atomic E-state index is -0.434. The van der Waals surface area contributed by atoms with Gasteiger partial charge in [0.05, 0.1) is 6.04 Å². The van der Waals surface area contributed by atoms with Crippen molar-refractivity contribution in [2.75, 3.05) is 13.6 Å². The zero-order valence-corrected chi connectivity index (χ0v) is 12.5. The van der Waals surface area contributed by atoms with E-state index in [1.54, 1.807) is 7.05 Å². The van der Waals surface area contributed by atoms with Gasteiger partial charge in [-0.3, -0.25) is 9.59 Å². The summed E-state index contributed by atoms with van der Waals surface area (Å²) in [6, 6.07) is -0.598. The van der Waals surface area contributed by atoms with Crippen LogP contribution in [0.2, 0.25) is 0 Å². The third-order valence-electron chi connectivity index (χ3n) is 3.57. The first-order chi connectivity index (χ1) is 8.93. The van der Waals surface area contributed by atoms with Crippen molar-refractivity contribution in [1.82, 2.24) is 16.0 Å². The van der Waals surface area contributed by atoms with E-state index >= 15 is 0 Å². The van der Waals surface area contributed by atoms with Gasteiger partial charge in [-0.15, -0.1) is 0 Å². The highest BCUT2D eigenvalue weighted by Crippen LogP contribution is 2.15. The molecule has 1 rings (SSSR count). The van der Waals surface area contributed by atoms with Crippen LogP contribution < -0.4 is 16.0 Å². The summed E-state index contributed by atoms with van der Waals surface area (Å²) in [7, 11) is 1.60. The standard InChI is InChI=1S/C14H27N3O2/c1-9(2)7-12(13(18)15-4)17-14(19)11-8-10(3)5-6-16-11/h9-12,16H,5-8H2,1-4H3,(H,15,18)(H,17,19). The van der Waals surface area contributed by atoms with Crippen LogP contribution >= 0.6 is 0 Å². The molecule has 0 radical (unpaired) electrons. The molecule has 0 aliphatic carbocycles. The van der Waals surface area contributed by atoms with Crippen LogP contribution in [-0.2, 0) is 9.59 Å². The Morgan fingerprint density at radius 2 is 2.05 bits per heavy atom. The van der Waals surface area contributed by atoms with Gasteiger partial charge in [0.2, 0.25) is 11.8 Å². The van der Waals surface area contributed by atoms with Crippen molar-refractivity contribution < 1.29 is 9.59 Å². The summed E-state index contributed by atoms with van der Waals surface area (Å²) < 4.78 is 0. The summed E-state index contributed by atoms with van der Waals surface area (Å²) in [6.45, 7) is 7.12. The van der Waals surface area contributed by atoms with Gasteiger partial charge in [0.25, 0.3) is 0 Å². The number of nitrogens with one attached hydrogen (secondary N) is 3. The van der Waals surface area contributed by atoms with Crippen LogP contribution in [0.25, 0.3) is 0 Å². The minimum absolute atomic E-state index is 0.0548. The molecule has 1 aliphatic heterocycles. The molecular weight excluding hydrogens is 242 g/mol. The van der Waals surface area contributed by atoms with Gasteiger partial charge in [0, 0.05) is 7.05 Å². The fourth-order valence-electron chi connectivity index (χ4n) is 2.46. The third kappa shape index (κ3) is 5.19. The summed E-state index contributed by atoms with van der Waals surface area (Å²) in [4.78, 5) is 24.0. The molecule has 1 aliphatic rings. The molecule has 0 bridgehead atoms. The van der Waals surface area contributed by atoms with Gasteiger partial charge in [-0.05, 0) is 37.6 Å². The number of likely N-dealkylation sites (N-methyl/N-ethyl adjacent to an activating group) is 1. The van der Waals surface area contributed by atoms with E-state index in [0.717, 1.165) is 19.4 Å². The number of hydrogen-bond acceptors (Lipinski definition) is 3. The predicted octanol–water partition coefficient (Wildman–Crippen LogP) is 0.651. The molecule has 0 saturated carbocycles. The lowest BCUT2D eigenvalue weighted by Gasteiger charge is -2.29. The van der Waals surface area contributed by atoms with E-state index < -0.39 is 6.04 Å². The van der Waals surface area contributed by atoms with Gasteiger partial charge < -0.3 is 16.0 Å². The summed E-state index contributed by atoms with van der Waals surface area (Å²) in [5.74, 6) is 0.744. The molecular formula is C14H27N3O2. The third-order valence-corrected chi connectivity index (χ3v) is 3.57. The molecule has 5 heteroatoms. The molecule has 110 valence electrons. The second-order valence-electron chi connectivity index (χ2n) is 5.94. The molecule has 1 saturated heterocycles. The molecule has 0 spiro atoms. The number of piperidine rings is 1. The van der Waals surface area contributed by atoms with Crippen LogP contribution in [0.3, 0.4) is 0 Å². The van der Waals surface area contributed by atoms with E-state index in [4.69, 9.17) is 0 Å². The van der Waals surface area contributed by atoms with Crippen molar-refractivity contribution in [2.24, 2.45) is 11.8 Å². The SMILES string of the molecule is CNC(=O)C(CC(C)C)NC(=O)C1CC(C)CCN1. The van der Waals surface area contributed by atoms with Crippen molar-refractivity contribution in [2.45, 2.75) is 52.1 Å². The van der Waals surface area contributed by atoms with E-state index in [-0.39, 0.29) is 17.9 Å². The van der Waals surface area contributed by atoms with Gasteiger partial charge in [-0.25, -0.2) is 0 Å². The van der Waals surface area contributed by atoms with Gasteiger partial charge in [0.1, 0.15) is 6.04 Å². The van der Waals surface area contributed by atoms with Crippen molar-refractivity contribution in [1.29, 1.82) is 0 Å². The lowest BCUT2D eigenvalue weighted by molar-refractivity contribution is -0.130. The Labute approximate surface area is 115 Å². The molecule has 3 N–H and O–H groups in total. The van der Waals surface area contributed by atoms with Gasteiger partial charge >= 0.3 is 0 Å². The van der Waals surface area contributed by atoms with Crippen LogP contribution in [0.5, 0.6) is 0 Å². The molecule has 0 aromatic rings. The zero-order valence-electron chi connectivity index (χ0n) is 12.5. The maximum absolute atomic E-state index is 12.2. The van der Waals surface area contributed by atoms with Crippen LogP contribution in [0, 0.1) is 11.8 Å². The maximum atomic E-state index is 12.2. The molecule has 19 heavy (non-hydrogen) atoms. The number of carbonyl (C=O) groups is 2. The van der Waals surface area contributed by atoms with E-state index in [2.05, 4.69) is 22.9 Å². The number of hydrogen-bond donors (Lipinski definition) is 3. The summed E-state index contributed by atoms with van der Waals surface area (Å²) in [6.07, 6.45) is 2.61. The van der Waals surface area contributed by atoms with Crippen molar-refractivity contribution >= 4 is 11.8 Å². The fourth-order valence-corrected chi connectivity index (χ4v) is 2.46. The Morgan fingerprint density at radius 3 is 2.58 bits per heavy atom. The molecule has 3 atom stereocenters. The van der Waals surface area contributed by atoms with Gasteiger partial charge in [0.15, 0.2) is 0 Å².